The van der Waals surface area contributed by atoms with Gasteiger partial charge in [-0.1, -0.05) is 12.1 Å². The van der Waals surface area contributed by atoms with Crippen molar-refractivity contribution in [3.63, 3.8) is 0 Å². The van der Waals surface area contributed by atoms with Crippen molar-refractivity contribution in [2.24, 2.45) is 0 Å². The Labute approximate surface area is 201 Å². The van der Waals surface area contributed by atoms with Gasteiger partial charge in [-0.2, -0.15) is 0 Å². The third-order valence-corrected chi connectivity index (χ3v) is 5.70. The minimum absolute atomic E-state index is 0.0539. The second-order valence-corrected chi connectivity index (χ2v) is 8.30. The average molecular weight is 489 g/mol. The van der Waals surface area contributed by atoms with Crippen LogP contribution < -0.4 is 10.1 Å². The van der Waals surface area contributed by atoms with E-state index in [2.05, 4.69) is 5.32 Å². The number of aliphatic carboxylic acids is 1. The second kappa shape index (κ2) is 10.6. The summed E-state index contributed by atoms with van der Waals surface area (Å²) in [4.78, 5) is 35.8. The highest BCUT2D eigenvalue weighted by Gasteiger charge is 2.53. The van der Waals surface area contributed by atoms with E-state index in [1.165, 1.54) is 27.0 Å². The van der Waals surface area contributed by atoms with Gasteiger partial charge in [-0.3, -0.25) is 9.59 Å². The molecule has 2 N–H and O–H groups in total. The van der Waals surface area contributed by atoms with Gasteiger partial charge in [0.2, 0.25) is 18.5 Å². The number of benzene rings is 1. The van der Waals surface area contributed by atoms with Gasteiger partial charge < -0.3 is 38.5 Å². The standard InChI is InChI=1S/C24H27NO10/c1-12(26)15-7-4-5-8-16(15)33-24-19(25-14(3)27)21(32-13(2)22(28)29)20-18(34-24)11-31-23(35-20)17-9-6-10-30-17/h4-10,13,18-21,23-24H,11H2,1-3H3,(H,25,27)(H,28,29). The third-order valence-electron chi connectivity index (χ3n) is 5.70. The number of carbonyl (C=O) groups is 3. The van der Waals surface area contributed by atoms with E-state index in [0.29, 0.717) is 11.3 Å². The van der Waals surface area contributed by atoms with E-state index >= 15 is 0 Å². The lowest BCUT2D eigenvalue weighted by molar-refractivity contribution is -0.343. The molecule has 2 saturated heterocycles. The maximum atomic E-state index is 12.1. The molecule has 0 spiro atoms. The highest BCUT2D eigenvalue weighted by molar-refractivity contribution is 5.96. The zero-order chi connectivity index (χ0) is 25.1. The Morgan fingerprint density at radius 2 is 1.89 bits per heavy atom. The first kappa shape index (κ1) is 24.9. The second-order valence-electron chi connectivity index (χ2n) is 8.30. The Kier molecular flexibility index (Phi) is 7.51. The fraction of sp³-hybridized carbons (Fsp3) is 0.458. The number of Topliss-reactive ketones (excluding diaryl/α,β-unsaturated/α-hetero) is 1. The minimum atomic E-state index is -1.23. The number of para-hydroxylation sites is 1. The van der Waals surface area contributed by atoms with Crippen molar-refractivity contribution >= 4 is 17.7 Å². The minimum Gasteiger partial charge on any atom is -0.479 e. The Bertz CT molecular complexity index is 1050. The first-order chi connectivity index (χ1) is 16.7. The van der Waals surface area contributed by atoms with Gasteiger partial charge in [0.15, 0.2) is 17.6 Å². The number of carbonyl (C=O) groups excluding carboxylic acids is 2. The van der Waals surface area contributed by atoms with Gasteiger partial charge in [0.25, 0.3) is 0 Å². The molecule has 1 amide bonds. The molecule has 2 fully saturated rings. The number of fused-ring (bicyclic) bond motifs is 1. The summed E-state index contributed by atoms with van der Waals surface area (Å²) in [6, 6.07) is 8.99. The summed E-state index contributed by atoms with van der Waals surface area (Å²) in [6.07, 6.45) is -4.34. The Morgan fingerprint density at radius 3 is 2.54 bits per heavy atom. The molecule has 0 radical (unpaired) electrons. The molecule has 11 nitrogen and oxygen atoms in total. The molecular formula is C24H27NO10. The number of amides is 1. The number of rotatable bonds is 8. The average Bonchev–Trinajstić information content (AvgIpc) is 3.35. The molecule has 0 saturated carbocycles. The quantitative estimate of drug-likeness (QED) is 0.529. The molecule has 11 heteroatoms. The summed E-state index contributed by atoms with van der Waals surface area (Å²) in [5.74, 6) is -1.17. The van der Waals surface area contributed by atoms with Crippen molar-refractivity contribution < 1.29 is 47.6 Å². The fourth-order valence-corrected chi connectivity index (χ4v) is 4.07. The molecule has 0 aliphatic carbocycles. The number of ketones is 1. The molecule has 2 aliphatic rings. The van der Waals surface area contributed by atoms with Crippen LogP contribution in [-0.2, 0) is 28.5 Å². The predicted molar refractivity (Wildman–Crippen MR) is 118 cm³/mol. The molecule has 35 heavy (non-hydrogen) atoms. The zero-order valence-electron chi connectivity index (χ0n) is 19.4. The van der Waals surface area contributed by atoms with Crippen molar-refractivity contribution in [1.29, 1.82) is 0 Å². The maximum absolute atomic E-state index is 12.1. The van der Waals surface area contributed by atoms with Crippen LogP contribution in [0.5, 0.6) is 5.75 Å². The summed E-state index contributed by atoms with van der Waals surface area (Å²) in [5, 5.41) is 12.2. The van der Waals surface area contributed by atoms with E-state index in [4.69, 9.17) is 28.1 Å². The Morgan fingerprint density at radius 1 is 1.11 bits per heavy atom. The topological polar surface area (TPSA) is 143 Å². The molecule has 1 aromatic heterocycles. The van der Waals surface area contributed by atoms with Gasteiger partial charge in [-0.05, 0) is 38.1 Å². The Hall–Kier alpha value is -3.25. The van der Waals surface area contributed by atoms with Gasteiger partial charge in [-0.25, -0.2) is 4.79 Å². The van der Waals surface area contributed by atoms with E-state index < -0.39 is 54.9 Å². The third kappa shape index (κ3) is 5.54. The van der Waals surface area contributed by atoms with Crippen LogP contribution in [-0.4, -0.2) is 66.1 Å². The summed E-state index contributed by atoms with van der Waals surface area (Å²) in [6.45, 7) is 4.14. The molecule has 3 heterocycles. The number of hydrogen-bond acceptors (Lipinski definition) is 9. The molecule has 2 aliphatic heterocycles. The SMILES string of the molecule is CC(=O)NC1C(Oc2ccccc2C(C)=O)OC2COC(c3ccco3)OC2C1OC(C)C(=O)O. The van der Waals surface area contributed by atoms with Gasteiger partial charge in [0.1, 0.15) is 30.1 Å². The van der Waals surface area contributed by atoms with Crippen molar-refractivity contribution in [2.45, 2.75) is 63.8 Å². The van der Waals surface area contributed by atoms with E-state index in [1.807, 2.05) is 0 Å². The Balaban J connectivity index is 1.68. The number of nitrogens with one attached hydrogen (secondary N) is 1. The molecular weight excluding hydrogens is 462 g/mol. The first-order valence-corrected chi connectivity index (χ1v) is 11.1. The van der Waals surface area contributed by atoms with Crippen molar-refractivity contribution in [2.75, 3.05) is 6.61 Å². The summed E-state index contributed by atoms with van der Waals surface area (Å²) < 4.78 is 35.3. The monoisotopic (exact) mass is 489 g/mol. The molecule has 2 aromatic rings. The van der Waals surface area contributed by atoms with Crippen LogP contribution in [0.25, 0.3) is 0 Å². The molecule has 1 aromatic carbocycles. The smallest absolute Gasteiger partial charge is 0.332 e. The van der Waals surface area contributed by atoms with Crippen LogP contribution in [0.3, 0.4) is 0 Å². The van der Waals surface area contributed by atoms with Gasteiger partial charge in [0, 0.05) is 6.92 Å². The lowest BCUT2D eigenvalue weighted by Crippen LogP contribution is -2.68. The maximum Gasteiger partial charge on any atom is 0.332 e. The zero-order valence-corrected chi connectivity index (χ0v) is 19.4. The molecule has 188 valence electrons. The predicted octanol–water partition coefficient (Wildman–Crippen LogP) is 2.06. The van der Waals surface area contributed by atoms with E-state index in [9.17, 15) is 19.5 Å². The summed E-state index contributed by atoms with van der Waals surface area (Å²) >= 11 is 0. The highest BCUT2D eigenvalue weighted by atomic mass is 16.8. The summed E-state index contributed by atoms with van der Waals surface area (Å²) in [7, 11) is 0. The molecule has 7 atom stereocenters. The fourth-order valence-electron chi connectivity index (χ4n) is 4.07. The largest absolute Gasteiger partial charge is 0.479 e. The number of hydrogen-bond donors (Lipinski definition) is 2. The van der Waals surface area contributed by atoms with Crippen LogP contribution in [0.4, 0.5) is 0 Å². The van der Waals surface area contributed by atoms with E-state index in [0.717, 1.165) is 0 Å². The van der Waals surface area contributed by atoms with Crippen molar-refractivity contribution in [3.05, 3.63) is 54.0 Å². The number of furan rings is 1. The van der Waals surface area contributed by atoms with Crippen LogP contribution in [0.15, 0.2) is 47.1 Å². The normalized spacial score (nSPS) is 29.0. The lowest BCUT2D eigenvalue weighted by Gasteiger charge is -2.49. The number of carboxylic acid groups (broad SMARTS) is 1. The van der Waals surface area contributed by atoms with Crippen molar-refractivity contribution in [1.82, 2.24) is 5.32 Å². The highest BCUT2D eigenvalue weighted by Crippen LogP contribution is 2.37. The van der Waals surface area contributed by atoms with Crippen molar-refractivity contribution in [3.8, 4) is 5.75 Å². The van der Waals surface area contributed by atoms with Gasteiger partial charge >= 0.3 is 5.97 Å². The van der Waals surface area contributed by atoms with Crippen LogP contribution in [0.1, 0.15) is 43.2 Å². The lowest BCUT2D eigenvalue weighted by atomic mass is 9.95. The molecule has 0 bridgehead atoms. The number of carboxylic acids is 1. The van der Waals surface area contributed by atoms with Crippen LogP contribution in [0, 0.1) is 0 Å². The van der Waals surface area contributed by atoms with E-state index in [1.54, 1.807) is 36.4 Å². The number of ether oxygens (including phenoxy) is 5. The van der Waals surface area contributed by atoms with Gasteiger partial charge in [-0.15, -0.1) is 0 Å². The van der Waals surface area contributed by atoms with Crippen LogP contribution in [0.2, 0.25) is 0 Å². The van der Waals surface area contributed by atoms with Crippen LogP contribution >= 0.6 is 0 Å². The molecule has 4 rings (SSSR count). The first-order valence-electron chi connectivity index (χ1n) is 11.1. The molecule has 7 unspecified atom stereocenters. The summed E-state index contributed by atoms with van der Waals surface area (Å²) in [5.41, 5.74) is 0.324. The van der Waals surface area contributed by atoms with E-state index in [-0.39, 0.29) is 18.1 Å². The van der Waals surface area contributed by atoms with Gasteiger partial charge in [0.05, 0.1) is 18.4 Å².